The monoisotopic (exact) mass is 330 g/mol. The molecule has 1 aromatic carbocycles. The first-order valence-electron chi connectivity index (χ1n) is 7.12. The molecule has 0 N–H and O–H groups in total. The Kier molecular flexibility index (Phi) is 3.92. The number of hydrogen-bond acceptors (Lipinski definition) is 3. The SMILES string of the molecule is C=CCCn1nc2c(=O)n(-c3cccc(Cl)c3C)ccn2c1=O. The van der Waals surface area contributed by atoms with Crippen molar-refractivity contribution in [3.63, 3.8) is 0 Å². The summed E-state index contributed by atoms with van der Waals surface area (Å²) in [5, 5.41) is 4.71. The smallest absolute Gasteiger partial charge is 0.279 e. The molecule has 23 heavy (non-hydrogen) atoms. The lowest BCUT2D eigenvalue weighted by Gasteiger charge is -2.09. The third-order valence-corrected chi connectivity index (χ3v) is 4.10. The Bertz CT molecular complexity index is 1010. The molecule has 0 saturated heterocycles. The van der Waals surface area contributed by atoms with Crippen LogP contribution < -0.4 is 11.2 Å². The number of hydrogen-bond donors (Lipinski definition) is 0. The minimum Gasteiger partial charge on any atom is -0.279 e. The van der Waals surface area contributed by atoms with E-state index < -0.39 is 0 Å². The number of aromatic nitrogens is 4. The summed E-state index contributed by atoms with van der Waals surface area (Å²) in [6, 6.07) is 5.33. The van der Waals surface area contributed by atoms with Gasteiger partial charge >= 0.3 is 11.2 Å². The summed E-state index contributed by atoms with van der Waals surface area (Å²) in [6.45, 7) is 5.85. The third kappa shape index (κ3) is 2.51. The molecule has 0 radical (unpaired) electrons. The maximum Gasteiger partial charge on any atom is 0.350 e. The predicted octanol–water partition coefficient (Wildman–Crippen LogP) is 2.18. The van der Waals surface area contributed by atoms with E-state index in [2.05, 4.69) is 11.7 Å². The molecule has 0 amide bonds. The molecule has 0 atom stereocenters. The first kappa shape index (κ1) is 15.3. The molecule has 0 fully saturated rings. The Hall–Kier alpha value is -2.60. The highest BCUT2D eigenvalue weighted by Gasteiger charge is 2.13. The molecular weight excluding hydrogens is 316 g/mol. The molecular formula is C16H15ClN4O2. The lowest BCUT2D eigenvalue weighted by atomic mass is 10.2. The van der Waals surface area contributed by atoms with Gasteiger partial charge in [-0.05, 0) is 31.0 Å². The van der Waals surface area contributed by atoms with Crippen molar-refractivity contribution in [3.8, 4) is 5.69 Å². The standard InChI is InChI=1S/C16H15ClN4O2/c1-3-4-8-21-16(23)20-10-9-19(15(22)14(20)18-21)13-7-5-6-12(17)11(13)2/h3,5-7,9-10H,1,4,8H2,2H3. The molecule has 118 valence electrons. The van der Waals surface area contributed by atoms with E-state index in [-0.39, 0.29) is 16.9 Å². The first-order valence-corrected chi connectivity index (χ1v) is 7.49. The molecule has 3 aromatic rings. The Morgan fingerprint density at radius 2 is 2.09 bits per heavy atom. The van der Waals surface area contributed by atoms with Crippen LogP contribution in [0.15, 0.2) is 52.8 Å². The van der Waals surface area contributed by atoms with Gasteiger partial charge in [0.2, 0.25) is 5.65 Å². The molecule has 0 bridgehead atoms. The normalized spacial score (nSPS) is 11.0. The van der Waals surface area contributed by atoms with Gasteiger partial charge in [-0.1, -0.05) is 23.7 Å². The Morgan fingerprint density at radius 1 is 1.30 bits per heavy atom. The number of benzene rings is 1. The number of halogens is 1. The van der Waals surface area contributed by atoms with Crippen molar-refractivity contribution < 1.29 is 0 Å². The highest BCUT2D eigenvalue weighted by Crippen LogP contribution is 2.20. The summed E-state index contributed by atoms with van der Waals surface area (Å²) in [6.07, 6.45) is 5.39. The molecule has 6 nitrogen and oxygen atoms in total. The number of fused-ring (bicyclic) bond motifs is 1. The molecule has 0 aliphatic rings. The maximum atomic E-state index is 12.7. The van der Waals surface area contributed by atoms with Crippen LogP contribution in [0.5, 0.6) is 0 Å². The van der Waals surface area contributed by atoms with Gasteiger partial charge in [0.25, 0.3) is 0 Å². The molecule has 0 unspecified atom stereocenters. The van der Waals surface area contributed by atoms with Crippen molar-refractivity contribution in [2.75, 3.05) is 0 Å². The second kappa shape index (κ2) is 5.89. The van der Waals surface area contributed by atoms with E-state index in [1.807, 2.05) is 6.92 Å². The second-order valence-corrected chi connectivity index (χ2v) is 5.54. The molecule has 0 aliphatic heterocycles. The van der Waals surface area contributed by atoms with Crippen LogP contribution in [0.25, 0.3) is 11.3 Å². The largest absolute Gasteiger partial charge is 0.350 e. The lowest BCUT2D eigenvalue weighted by molar-refractivity contribution is 0.601. The van der Waals surface area contributed by atoms with Crippen LogP contribution in [0, 0.1) is 6.92 Å². The fraction of sp³-hybridized carbons (Fsp3) is 0.188. The minimum atomic E-state index is -0.368. The zero-order valence-electron chi connectivity index (χ0n) is 12.6. The molecule has 0 spiro atoms. The van der Waals surface area contributed by atoms with Crippen LogP contribution in [-0.4, -0.2) is 18.7 Å². The van der Waals surface area contributed by atoms with Crippen LogP contribution in [0.3, 0.4) is 0 Å². The van der Waals surface area contributed by atoms with Crippen molar-refractivity contribution >= 4 is 17.2 Å². The van der Waals surface area contributed by atoms with Gasteiger partial charge in [-0.3, -0.25) is 9.36 Å². The van der Waals surface area contributed by atoms with Crippen LogP contribution in [0.4, 0.5) is 0 Å². The van der Waals surface area contributed by atoms with Crippen LogP contribution >= 0.6 is 11.6 Å². The van der Waals surface area contributed by atoms with Crippen molar-refractivity contribution in [2.45, 2.75) is 19.9 Å². The summed E-state index contributed by atoms with van der Waals surface area (Å²) in [4.78, 5) is 24.9. The number of allylic oxidation sites excluding steroid dienone is 1. The number of rotatable bonds is 4. The summed E-state index contributed by atoms with van der Waals surface area (Å²) in [7, 11) is 0. The molecule has 3 rings (SSSR count). The van der Waals surface area contributed by atoms with Crippen molar-refractivity contribution in [1.29, 1.82) is 0 Å². The van der Waals surface area contributed by atoms with Gasteiger partial charge in [0.1, 0.15) is 0 Å². The molecule has 2 aromatic heterocycles. The highest BCUT2D eigenvalue weighted by atomic mass is 35.5. The van der Waals surface area contributed by atoms with E-state index in [0.29, 0.717) is 23.7 Å². The second-order valence-electron chi connectivity index (χ2n) is 5.13. The summed E-state index contributed by atoms with van der Waals surface area (Å²) in [5.41, 5.74) is 0.828. The van der Waals surface area contributed by atoms with E-state index >= 15 is 0 Å². The van der Waals surface area contributed by atoms with Gasteiger partial charge in [-0.2, -0.15) is 0 Å². The van der Waals surface area contributed by atoms with E-state index in [1.54, 1.807) is 30.5 Å². The summed E-state index contributed by atoms with van der Waals surface area (Å²) in [5.74, 6) is 0. The first-order chi connectivity index (χ1) is 11.0. The van der Waals surface area contributed by atoms with Gasteiger partial charge in [0.15, 0.2) is 0 Å². The van der Waals surface area contributed by atoms with Crippen molar-refractivity contribution in [1.82, 2.24) is 18.7 Å². The molecule has 0 aliphatic carbocycles. The fourth-order valence-electron chi connectivity index (χ4n) is 2.42. The number of aryl methyl sites for hydroxylation is 1. The van der Waals surface area contributed by atoms with Crippen LogP contribution in [-0.2, 0) is 6.54 Å². The molecule has 0 saturated carbocycles. The Morgan fingerprint density at radius 3 is 2.83 bits per heavy atom. The van der Waals surface area contributed by atoms with Crippen molar-refractivity contribution in [2.24, 2.45) is 0 Å². The zero-order valence-corrected chi connectivity index (χ0v) is 13.3. The van der Waals surface area contributed by atoms with E-state index in [0.717, 1.165) is 5.56 Å². The fourth-order valence-corrected chi connectivity index (χ4v) is 2.58. The molecule has 2 heterocycles. The van der Waals surface area contributed by atoms with Gasteiger partial charge in [0.05, 0.1) is 5.69 Å². The van der Waals surface area contributed by atoms with Gasteiger partial charge in [-0.25, -0.2) is 13.9 Å². The summed E-state index contributed by atoms with van der Waals surface area (Å²) < 4.78 is 3.97. The number of nitrogens with zero attached hydrogens (tertiary/aromatic N) is 4. The van der Waals surface area contributed by atoms with Crippen LogP contribution in [0.2, 0.25) is 5.02 Å². The van der Waals surface area contributed by atoms with Gasteiger partial charge < -0.3 is 0 Å². The van der Waals surface area contributed by atoms with E-state index in [4.69, 9.17) is 11.6 Å². The van der Waals surface area contributed by atoms with Gasteiger partial charge in [-0.15, -0.1) is 11.7 Å². The minimum absolute atomic E-state index is 0.0842. The van der Waals surface area contributed by atoms with Crippen molar-refractivity contribution in [3.05, 3.63) is 74.7 Å². The summed E-state index contributed by atoms with van der Waals surface area (Å²) >= 11 is 6.12. The molecule has 7 heteroatoms. The van der Waals surface area contributed by atoms with E-state index in [1.165, 1.54) is 19.8 Å². The average Bonchev–Trinajstić information content (AvgIpc) is 2.86. The van der Waals surface area contributed by atoms with Gasteiger partial charge in [0, 0.05) is 24.0 Å². The predicted molar refractivity (Wildman–Crippen MR) is 89.6 cm³/mol. The lowest BCUT2D eigenvalue weighted by Crippen LogP contribution is -2.24. The van der Waals surface area contributed by atoms with Crippen LogP contribution in [0.1, 0.15) is 12.0 Å². The Labute approximate surface area is 136 Å². The topological polar surface area (TPSA) is 61.3 Å². The average molecular weight is 331 g/mol. The maximum absolute atomic E-state index is 12.7. The third-order valence-electron chi connectivity index (χ3n) is 3.69. The Balaban J connectivity index is 2.24. The highest BCUT2D eigenvalue weighted by molar-refractivity contribution is 6.31. The van der Waals surface area contributed by atoms with E-state index in [9.17, 15) is 9.59 Å². The zero-order chi connectivity index (χ0) is 16.6. The quantitative estimate of drug-likeness (QED) is 0.689.